The molecular formula is C15H21N5O. The van der Waals surface area contributed by atoms with Crippen molar-refractivity contribution in [2.75, 3.05) is 13.1 Å². The van der Waals surface area contributed by atoms with Crippen LogP contribution in [-0.2, 0) is 4.79 Å². The van der Waals surface area contributed by atoms with Gasteiger partial charge in [0.1, 0.15) is 6.04 Å². The fourth-order valence-corrected chi connectivity index (χ4v) is 2.89. The highest BCUT2D eigenvalue weighted by Gasteiger charge is 2.28. The van der Waals surface area contributed by atoms with E-state index in [0.29, 0.717) is 0 Å². The minimum Gasteiger partial charge on any atom is -0.339 e. The first-order valence-corrected chi connectivity index (χ1v) is 7.44. The van der Waals surface area contributed by atoms with Crippen molar-refractivity contribution in [1.29, 1.82) is 0 Å². The van der Waals surface area contributed by atoms with E-state index in [9.17, 15) is 4.79 Å². The molecular weight excluding hydrogens is 266 g/mol. The van der Waals surface area contributed by atoms with Gasteiger partial charge in [0, 0.05) is 31.7 Å². The number of likely N-dealkylation sites (tertiary alicyclic amines) is 1. The lowest BCUT2D eigenvalue weighted by molar-refractivity contribution is -0.136. The topological polar surface area (TPSA) is 56.0 Å². The zero-order valence-electron chi connectivity index (χ0n) is 12.5. The Kier molecular flexibility index (Phi) is 3.77. The van der Waals surface area contributed by atoms with Crippen molar-refractivity contribution in [2.45, 2.75) is 38.8 Å². The number of nitrogens with zero attached hydrogens (tertiary/aromatic N) is 5. The lowest BCUT2D eigenvalue weighted by Gasteiger charge is -2.34. The minimum absolute atomic E-state index is 0.132. The SMILES string of the molecule is Cc1cnn(C2CCCN(C(=O)C(C)n3cccn3)C2)c1. The van der Waals surface area contributed by atoms with Gasteiger partial charge in [-0.2, -0.15) is 10.2 Å². The van der Waals surface area contributed by atoms with E-state index >= 15 is 0 Å². The third kappa shape index (κ3) is 2.84. The number of hydrogen-bond acceptors (Lipinski definition) is 3. The van der Waals surface area contributed by atoms with Gasteiger partial charge in [-0.1, -0.05) is 0 Å². The lowest BCUT2D eigenvalue weighted by Crippen LogP contribution is -2.43. The van der Waals surface area contributed by atoms with Crippen LogP contribution >= 0.6 is 0 Å². The monoisotopic (exact) mass is 287 g/mol. The molecule has 1 aliphatic heterocycles. The minimum atomic E-state index is -0.252. The zero-order chi connectivity index (χ0) is 14.8. The Balaban J connectivity index is 1.69. The van der Waals surface area contributed by atoms with Crippen LogP contribution < -0.4 is 0 Å². The predicted octanol–water partition coefficient (Wildman–Crippen LogP) is 1.81. The van der Waals surface area contributed by atoms with Crippen molar-refractivity contribution in [3.05, 3.63) is 36.4 Å². The smallest absolute Gasteiger partial charge is 0.247 e. The van der Waals surface area contributed by atoms with Crippen molar-refractivity contribution in [2.24, 2.45) is 0 Å². The van der Waals surface area contributed by atoms with E-state index in [1.807, 2.05) is 41.9 Å². The molecule has 0 saturated carbocycles. The highest BCUT2D eigenvalue weighted by atomic mass is 16.2. The van der Waals surface area contributed by atoms with Gasteiger partial charge in [-0.15, -0.1) is 0 Å². The fraction of sp³-hybridized carbons (Fsp3) is 0.533. The summed E-state index contributed by atoms with van der Waals surface area (Å²) < 4.78 is 3.71. The van der Waals surface area contributed by atoms with Crippen LogP contribution in [0.5, 0.6) is 0 Å². The second-order valence-corrected chi connectivity index (χ2v) is 5.74. The molecule has 6 heteroatoms. The number of carbonyl (C=O) groups excluding carboxylic acids is 1. The maximum absolute atomic E-state index is 12.6. The molecule has 0 aromatic carbocycles. The molecule has 2 aromatic rings. The fourth-order valence-electron chi connectivity index (χ4n) is 2.89. The quantitative estimate of drug-likeness (QED) is 0.865. The summed E-state index contributed by atoms with van der Waals surface area (Å²) >= 11 is 0. The van der Waals surface area contributed by atoms with E-state index in [1.54, 1.807) is 10.9 Å². The van der Waals surface area contributed by atoms with E-state index in [-0.39, 0.29) is 18.0 Å². The van der Waals surface area contributed by atoms with Crippen molar-refractivity contribution in [3.8, 4) is 0 Å². The number of piperidine rings is 1. The Morgan fingerprint density at radius 1 is 1.43 bits per heavy atom. The van der Waals surface area contributed by atoms with Crippen LogP contribution in [0.4, 0.5) is 0 Å². The zero-order valence-corrected chi connectivity index (χ0v) is 12.5. The molecule has 0 bridgehead atoms. The first-order valence-electron chi connectivity index (χ1n) is 7.44. The Hall–Kier alpha value is -2.11. The summed E-state index contributed by atoms with van der Waals surface area (Å²) in [7, 11) is 0. The molecule has 2 unspecified atom stereocenters. The summed E-state index contributed by atoms with van der Waals surface area (Å²) in [5.74, 6) is 0.132. The van der Waals surface area contributed by atoms with Crippen molar-refractivity contribution in [1.82, 2.24) is 24.5 Å². The molecule has 3 rings (SSSR count). The maximum atomic E-state index is 12.6. The van der Waals surface area contributed by atoms with Gasteiger partial charge in [0.2, 0.25) is 5.91 Å². The third-order valence-electron chi connectivity index (χ3n) is 4.09. The van der Waals surface area contributed by atoms with Crippen LogP contribution in [0.15, 0.2) is 30.9 Å². The van der Waals surface area contributed by atoms with Crippen LogP contribution in [0.3, 0.4) is 0 Å². The molecule has 0 aliphatic carbocycles. The van der Waals surface area contributed by atoms with Gasteiger partial charge in [0.05, 0.1) is 12.2 Å². The first-order chi connectivity index (χ1) is 10.1. The van der Waals surface area contributed by atoms with Gasteiger partial charge in [-0.05, 0) is 38.3 Å². The molecule has 2 atom stereocenters. The summed E-state index contributed by atoms with van der Waals surface area (Å²) in [5.41, 5.74) is 1.16. The number of amides is 1. The predicted molar refractivity (Wildman–Crippen MR) is 78.8 cm³/mol. The standard InChI is InChI=1S/C15H21N5O/c1-12-9-17-20(10-12)14-5-3-7-18(11-14)15(21)13(2)19-8-4-6-16-19/h4,6,8-10,13-14H,3,5,7,11H2,1-2H3. The summed E-state index contributed by atoms with van der Waals surface area (Å²) in [5, 5.41) is 8.55. The average Bonchev–Trinajstić information content (AvgIpc) is 3.17. The van der Waals surface area contributed by atoms with Gasteiger partial charge in [-0.25, -0.2) is 0 Å². The third-order valence-corrected chi connectivity index (χ3v) is 4.09. The normalized spacial score (nSPS) is 20.5. The molecule has 1 amide bonds. The van der Waals surface area contributed by atoms with Crippen LogP contribution in [0.1, 0.15) is 37.4 Å². The van der Waals surface area contributed by atoms with Gasteiger partial charge in [0.25, 0.3) is 0 Å². The van der Waals surface area contributed by atoms with Crippen LogP contribution in [0, 0.1) is 6.92 Å². The molecule has 112 valence electrons. The number of aromatic nitrogens is 4. The van der Waals surface area contributed by atoms with Gasteiger partial charge in [0.15, 0.2) is 0 Å². The van der Waals surface area contributed by atoms with Crippen LogP contribution in [0.2, 0.25) is 0 Å². The molecule has 0 N–H and O–H groups in total. The van der Waals surface area contributed by atoms with E-state index < -0.39 is 0 Å². The molecule has 1 fully saturated rings. The highest BCUT2D eigenvalue weighted by Crippen LogP contribution is 2.23. The van der Waals surface area contributed by atoms with E-state index in [4.69, 9.17) is 0 Å². The molecule has 1 aliphatic rings. The number of aryl methyl sites for hydroxylation is 1. The van der Waals surface area contributed by atoms with Gasteiger partial charge < -0.3 is 4.90 Å². The Morgan fingerprint density at radius 3 is 2.95 bits per heavy atom. The largest absolute Gasteiger partial charge is 0.339 e. The van der Waals surface area contributed by atoms with Crippen molar-refractivity contribution >= 4 is 5.91 Å². The number of hydrogen-bond donors (Lipinski definition) is 0. The second-order valence-electron chi connectivity index (χ2n) is 5.74. The first kappa shape index (κ1) is 13.9. The summed E-state index contributed by atoms with van der Waals surface area (Å²) in [6, 6.07) is 1.87. The summed E-state index contributed by atoms with van der Waals surface area (Å²) in [6.45, 7) is 5.48. The molecule has 0 spiro atoms. The van der Waals surface area contributed by atoms with Crippen molar-refractivity contribution in [3.63, 3.8) is 0 Å². The van der Waals surface area contributed by atoms with Gasteiger partial charge >= 0.3 is 0 Å². The number of carbonyl (C=O) groups is 1. The molecule has 21 heavy (non-hydrogen) atoms. The average molecular weight is 287 g/mol. The van der Waals surface area contributed by atoms with E-state index in [1.165, 1.54) is 0 Å². The molecule has 3 heterocycles. The Morgan fingerprint density at radius 2 is 2.29 bits per heavy atom. The molecule has 2 aromatic heterocycles. The van der Waals surface area contributed by atoms with Crippen LogP contribution in [-0.4, -0.2) is 43.5 Å². The van der Waals surface area contributed by atoms with E-state index in [0.717, 1.165) is 31.5 Å². The van der Waals surface area contributed by atoms with Gasteiger partial charge in [-0.3, -0.25) is 14.2 Å². The summed E-state index contributed by atoms with van der Waals surface area (Å²) in [4.78, 5) is 14.6. The molecule has 6 nitrogen and oxygen atoms in total. The second kappa shape index (κ2) is 5.71. The number of rotatable bonds is 3. The Labute approximate surface area is 124 Å². The van der Waals surface area contributed by atoms with Crippen LogP contribution in [0.25, 0.3) is 0 Å². The molecule has 1 saturated heterocycles. The van der Waals surface area contributed by atoms with E-state index in [2.05, 4.69) is 16.4 Å². The molecule has 0 radical (unpaired) electrons. The maximum Gasteiger partial charge on any atom is 0.247 e. The lowest BCUT2D eigenvalue weighted by atomic mass is 10.1. The van der Waals surface area contributed by atoms with Crippen molar-refractivity contribution < 1.29 is 4.79 Å². The highest BCUT2D eigenvalue weighted by molar-refractivity contribution is 5.80. The Bertz CT molecular complexity index is 603. The summed E-state index contributed by atoms with van der Waals surface area (Å²) in [6.07, 6.45) is 9.54.